The predicted molar refractivity (Wildman–Crippen MR) is 87.0 cm³/mol. The van der Waals surface area contributed by atoms with Gasteiger partial charge in [-0.2, -0.15) is 0 Å². The Bertz CT molecular complexity index is 561. The van der Waals surface area contributed by atoms with Gasteiger partial charge in [-0.1, -0.05) is 12.2 Å². The van der Waals surface area contributed by atoms with Crippen LogP contribution in [0.15, 0.2) is 30.3 Å². The fraction of sp³-hybridized carbons (Fsp3) is 0.438. The number of aliphatic hydroxyl groups excluding tert-OH is 1. The SMILES string of the molecule is CC(C)(C)OC(=O)NC(CO)CC=Cc1ccc([N+](=O)[O-])cc1. The molecule has 1 aromatic carbocycles. The van der Waals surface area contributed by atoms with Gasteiger partial charge in [-0.15, -0.1) is 0 Å². The lowest BCUT2D eigenvalue weighted by molar-refractivity contribution is -0.384. The molecule has 1 atom stereocenters. The number of nitro benzene ring substituents is 1. The summed E-state index contributed by atoms with van der Waals surface area (Å²) >= 11 is 0. The highest BCUT2D eigenvalue weighted by Crippen LogP contribution is 2.13. The zero-order valence-electron chi connectivity index (χ0n) is 13.5. The molecule has 23 heavy (non-hydrogen) atoms. The first-order valence-electron chi connectivity index (χ1n) is 7.22. The average molecular weight is 322 g/mol. The summed E-state index contributed by atoms with van der Waals surface area (Å²) < 4.78 is 5.12. The molecule has 0 spiro atoms. The molecule has 1 amide bonds. The zero-order valence-corrected chi connectivity index (χ0v) is 13.5. The van der Waals surface area contributed by atoms with Crippen LogP contribution in [-0.4, -0.2) is 34.4 Å². The average Bonchev–Trinajstić information content (AvgIpc) is 2.44. The van der Waals surface area contributed by atoms with E-state index >= 15 is 0 Å². The number of nitrogens with zero attached hydrogens (tertiary/aromatic N) is 1. The molecule has 1 unspecified atom stereocenters. The number of ether oxygens (including phenoxy) is 1. The quantitative estimate of drug-likeness (QED) is 0.619. The van der Waals surface area contributed by atoms with E-state index in [1.807, 2.05) is 0 Å². The minimum absolute atomic E-state index is 0.0296. The number of nitrogens with one attached hydrogen (secondary N) is 1. The Hall–Kier alpha value is -2.41. The summed E-state index contributed by atoms with van der Waals surface area (Å²) in [7, 11) is 0. The molecule has 0 saturated heterocycles. The number of alkyl carbamates (subject to hydrolysis) is 1. The number of rotatable bonds is 6. The van der Waals surface area contributed by atoms with Crippen LogP contribution in [0.3, 0.4) is 0 Å². The van der Waals surface area contributed by atoms with Crippen molar-refractivity contribution in [1.29, 1.82) is 0 Å². The van der Waals surface area contributed by atoms with Crippen molar-refractivity contribution in [2.45, 2.75) is 38.8 Å². The highest BCUT2D eigenvalue weighted by molar-refractivity contribution is 5.68. The summed E-state index contributed by atoms with van der Waals surface area (Å²) in [6.45, 7) is 5.06. The maximum Gasteiger partial charge on any atom is 0.407 e. The molecule has 0 aliphatic rings. The second kappa shape index (κ2) is 8.28. The summed E-state index contributed by atoms with van der Waals surface area (Å²) in [4.78, 5) is 21.7. The van der Waals surface area contributed by atoms with Crippen LogP contribution in [0.1, 0.15) is 32.8 Å². The second-order valence-corrected chi connectivity index (χ2v) is 6.01. The van der Waals surface area contributed by atoms with Crippen molar-refractivity contribution >= 4 is 17.9 Å². The van der Waals surface area contributed by atoms with Gasteiger partial charge in [-0.3, -0.25) is 10.1 Å². The van der Waals surface area contributed by atoms with Crippen LogP contribution in [0.4, 0.5) is 10.5 Å². The van der Waals surface area contributed by atoms with Crippen molar-refractivity contribution in [3.8, 4) is 0 Å². The number of aliphatic hydroxyl groups is 1. The third-order valence-electron chi connectivity index (χ3n) is 2.78. The van der Waals surface area contributed by atoms with Gasteiger partial charge in [0, 0.05) is 12.1 Å². The van der Waals surface area contributed by atoms with E-state index in [0.29, 0.717) is 6.42 Å². The first kappa shape index (κ1) is 18.6. The van der Waals surface area contributed by atoms with Gasteiger partial charge in [-0.25, -0.2) is 4.79 Å². The molecule has 0 aromatic heterocycles. The number of carbonyl (C=O) groups is 1. The molecule has 0 bridgehead atoms. The fourth-order valence-electron chi connectivity index (χ4n) is 1.73. The summed E-state index contributed by atoms with van der Waals surface area (Å²) in [5.41, 5.74) is 0.227. The van der Waals surface area contributed by atoms with Gasteiger partial charge in [0.1, 0.15) is 5.60 Å². The Kier molecular flexibility index (Phi) is 6.71. The van der Waals surface area contributed by atoms with Crippen LogP contribution in [0.5, 0.6) is 0 Å². The Labute approximate surface area is 135 Å². The van der Waals surface area contributed by atoms with Gasteiger partial charge >= 0.3 is 6.09 Å². The van der Waals surface area contributed by atoms with Crippen LogP contribution < -0.4 is 5.32 Å². The van der Waals surface area contributed by atoms with E-state index in [9.17, 15) is 20.0 Å². The molecule has 2 N–H and O–H groups in total. The first-order chi connectivity index (χ1) is 10.7. The predicted octanol–water partition coefficient (Wildman–Crippen LogP) is 2.88. The van der Waals surface area contributed by atoms with Crippen molar-refractivity contribution < 1.29 is 19.6 Å². The minimum Gasteiger partial charge on any atom is -0.444 e. The minimum atomic E-state index is -0.599. The summed E-state index contributed by atoms with van der Waals surface area (Å²) in [6, 6.07) is 5.64. The molecule has 7 heteroatoms. The van der Waals surface area contributed by atoms with Crippen molar-refractivity contribution in [3.05, 3.63) is 46.0 Å². The number of benzene rings is 1. The largest absolute Gasteiger partial charge is 0.444 e. The Morgan fingerprint density at radius 3 is 2.48 bits per heavy atom. The second-order valence-electron chi connectivity index (χ2n) is 6.01. The van der Waals surface area contributed by atoms with Gasteiger partial charge in [0.05, 0.1) is 17.6 Å². The Balaban J connectivity index is 2.53. The molecular formula is C16H22N2O5. The van der Waals surface area contributed by atoms with E-state index in [-0.39, 0.29) is 12.3 Å². The molecule has 0 aliphatic carbocycles. The summed E-state index contributed by atoms with van der Waals surface area (Å²) in [5.74, 6) is 0. The van der Waals surface area contributed by atoms with E-state index < -0.39 is 22.7 Å². The molecule has 0 fully saturated rings. The molecule has 0 aliphatic heterocycles. The number of non-ortho nitro benzene ring substituents is 1. The molecule has 0 heterocycles. The first-order valence-corrected chi connectivity index (χ1v) is 7.22. The number of amides is 1. The van der Waals surface area contributed by atoms with Crippen LogP contribution >= 0.6 is 0 Å². The number of carbonyl (C=O) groups excluding carboxylic acids is 1. The lowest BCUT2D eigenvalue weighted by atomic mass is 10.1. The van der Waals surface area contributed by atoms with E-state index in [2.05, 4.69) is 5.32 Å². The standard InChI is InChI=1S/C16H22N2O5/c1-16(2,3)23-15(20)17-13(11-19)6-4-5-12-7-9-14(10-8-12)18(21)22/h4-5,7-10,13,19H,6,11H2,1-3H3,(H,17,20). The molecule has 126 valence electrons. The third-order valence-corrected chi connectivity index (χ3v) is 2.78. The van der Waals surface area contributed by atoms with Crippen molar-refractivity contribution in [2.75, 3.05) is 6.61 Å². The molecule has 1 aromatic rings. The van der Waals surface area contributed by atoms with Crippen LogP contribution in [0.25, 0.3) is 6.08 Å². The maximum absolute atomic E-state index is 11.6. The van der Waals surface area contributed by atoms with Gasteiger partial charge in [0.25, 0.3) is 5.69 Å². The number of nitro groups is 1. The van der Waals surface area contributed by atoms with Crippen molar-refractivity contribution in [2.24, 2.45) is 0 Å². The smallest absolute Gasteiger partial charge is 0.407 e. The van der Waals surface area contributed by atoms with E-state index in [4.69, 9.17) is 4.74 Å². The number of hydrogen-bond acceptors (Lipinski definition) is 5. The molecular weight excluding hydrogens is 300 g/mol. The van der Waals surface area contributed by atoms with Crippen LogP contribution in [0, 0.1) is 10.1 Å². The number of hydrogen-bond donors (Lipinski definition) is 2. The Morgan fingerprint density at radius 1 is 1.39 bits per heavy atom. The van der Waals surface area contributed by atoms with E-state index in [0.717, 1.165) is 5.56 Å². The fourth-order valence-corrected chi connectivity index (χ4v) is 1.73. The van der Waals surface area contributed by atoms with E-state index in [1.54, 1.807) is 45.1 Å². The van der Waals surface area contributed by atoms with E-state index in [1.165, 1.54) is 12.1 Å². The van der Waals surface area contributed by atoms with Crippen molar-refractivity contribution in [1.82, 2.24) is 5.32 Å². The molecule has 0 radical (unpaired) electrons. The molecule has 7 nitrogen and oxygen atoms in total. The maximum atomic E-state index is 11.6. The normalized spacial score (nSPS) is 12.9. The highest BCUT2D eigenvalue weighted by Gasteiger charge is 2.18. The lowest BCUT2D eigenvalue weighted by Gasteiger charge is -2.22. The summed E-state index contributed by atoms with van der Waals surface area (Å²) in [5, 5.41) is 22.4. The topological polar surface area (TPSA) is 102 Å². The van der Waals surface area contributed by atoms with Gasteiger partial charge in [0.15, 0.2) is 0 Å². The molecule has 0 saturated carbocycles. The van der Waals surface area contributed by atoms with Gasteiger partial charge in [-0.05, 0) is 44.9 Å². The van der Waals surface area contributed by atoms with Gasteiger partial charge < -0.3 is 15.2 Å². The molecule has 1 rings (SSSR count). The van der Waals surface area contributed by atoms with Crippen molar-refractivity contribution in [3.63, 3.8) is 0 Å². The third kappa shape index (κ3) is 7.42. The Morgan fingerprint density at radius 2 is 2.00 bits per heavy atom. The summed E-state index contributed by atoms with van der Waals surface area (Å²) in [6.07, 6.45) is 3.37. The van der Waals surface area contributed by atoms with Crippen LogP contribution in [-0.2, 0) is 4.74 Å². The monoisotopic (exact) mass is 322 g/mol. The lowest BCUT2D eigenvalue weighted by Crippen LogP contribution is -2.40. The van der Waals surface area contributed by atoms with Crippen LogP contribution in [0.2, 0.25) is 0 Å². The van der Waals surface area contributed by atoms with Gasteiger partial charge in [0.2, 0.25) is 0 Å². The highest BCUT2D eigenvalue weighted by atomic mass is 16.6. The zero-order chi connectivity index (χ0) is 17.5.